The fourth-order valence-corrected chi connectivity index (χ4v) is 2.41. The van der Waals surface area contributed by atoms with Gasteiger partial charge in [-0.25, -0.2) is 5.84 Å². The molecule has 1 aromatic carbocycles. The molecule has 0 unspecified atom stereocenters. The third-order valence-electron chi connectivity index (χ3n) is 2.77. The molecule has 100 valence electrons. The number of aryl methyl sites for hydroxylation is 1. The highest BCUT2D eigenvalue weighted by molar-refractivity contribution is 7.98. The van der Waals surface area contributed by atoms with Crippen LogP contribution in [0.25, 0.3) is 0 Å². The molecule has 1 amide bonds. The number of hydrazine groups is 1. The maximum atomic E-state index is 11.3. The van der Waals surface area contributed by atoms with E-state index in [9.17, 15) is 4.79 Å². The predicted molar refractivity (Wildman–Crippen MR) is 73.4 cm³/mol. The van der Waals surface area contributed by atoms with Gasteiger partial charge in [0.2, 0.25) is 0 Å². The van der Waals surface area contributed by atoms with Crippen molar-refractivity contribution in [1.82, 2.24) is 20.2 Å². The van der Waals surface area contributed by atoms with Gasteiger partial charge < -0.3 is 4.57 Å². The summed E-state index contributed by atoms with van der Waals surface area (Å²) in [6, 6.07) is 7.31. The van der Waals surface area contributed by atoms with Crippen molar-refractivity contribution in [3.63, 3.8) is 0 Å². The Hall–Kier alpha value is -1.86. The van der Waals surface area contributed by atoms with Crippen molar-refractivity contribution in [3.05, 3.63) is 41.2 Å². The monoisotopic (exact) mass is 277 g/mol. The fourth-order valence-electron chi connectivity index (χ4n) is 1.50. The number of hydrogen-bond donors (Lipinski definition) is 2. The molecule has 6 nitrogen and oxygen atoms in total. The minimum atomic E-state index is -0.289. The van der Waals surface area contributed by atoms with E-state index in [1.165, 1.54) is 0 Å². The van der Waals surface area contributed by atoms with Crippen molar-refractivity contribution in [2.75, 3.05) is 0 Å². The van der Waals surface area contributed by atoms with Crippen molar-refractivity contribution in [1.29, 1.82) is 0 Å². The summed E-state index contributed by atoms with van der Waals surface area (Å²) in [6.07, 6.45) is 0. The molecule has 2 aromatic rings. The maximum absolute atomic E-state index is 11.3. The van der Waals surface area contributed by atoms with Gasteiger partial charge in [-0.15, -0.1) is 10.2 Å². The molecule has 19 heavy (non-hydrogen) atoms. The van der Waals surface area contributed by atoms with E-state index in [0.29, 0.717) is 5.56 Å². The first-order valence-electron chi connectivity index (χ1n) is 5.70. The first kappa shape index (κ1) is 13.6. The van der Waals surface area contributed by atoms with Gasteiger partial charge in [-0.2, -0.15) is 0 Å². The van der Waals surface area contributed by atoms with Gasteiger partial charge in [0.15, 0.2) is 5.16 Å². The number of rotatable bonds is 4. The molecule has 0 aliphatic heterocycles. The Balaban J connectivity index is 2.00. The number of thioether (sulfide) groups is 1. The number of nitrogens with one attached hydrogen (secondary N) is 1. The number of amides is 1. The zero-order chi connectivity index (χ0) is 13.8. The molecule has 0 saturated carbocycles. The molecule has 0 spiro atoms. The zero-order valence-electron chi connectivity index (χ0n) is 10.8. The number of hydrogen-bond acceptors (Lipinski definition) is 5. The highest BCUT2D eigenvalue weighted by atomic mass is 32.2. The number of carbonyl (C=O) groups excluding carboxylic acids is 1. The first-order chi connectivity index (χ1) is 9.11. The minimum absolute atomic E-state index is 0.289. The molecule has 0 saturated heterocycles. The summed E-state index contributed by atoms with van der Waals surface area (Å²) < 4.78 is 1.95. The zero-order valence-corrected chi connectivity index (χ0v) is 11.6. The van der Waals surface area contributed by atoms with E-state index < -0.39 is 0 Å². The van der Waals surface area contributed by atoms with Crippen LogP contribution >= 0.6 is 11.8 Å². The molecule has 0 fully saturated rings. The van der Waals surface area contributed by atoms with Crippen LogP contribution in [0.5, 0.6) is 0 Å². The highest BCUT2D eigenvalue weighted by Gasteiger charge is 2.07. The lowest BCUT2D eigenvalue weighted by Crippen LogP contribution is -2.29. The Morgan fingerprint density at radius 1 is 1.37 bits per heavy atom. The van der Waals surface area contributed by atoms with E-state index in [4.69, 9.17) is 5.84 Å². The van der Waals surface area contributed by atoms with Crippen molar-refractivity contribution in [2.24, 2.45) is 12.9 Å². The van der Waals surface area contributed by atoms with E-state index >= 15 is 0 Å². The lowest BCUT2D eigenvalue weighted by Gasteiger charge is -2.03. The third kappa shape index (κ3) is 3.12. The van der Waals surface area contributed by atoms with Crippen LogP contribution < -0.4 is 11.3 Å². The predicted octanol–water partition coefficient (Wildman–Crippen LogP) is 1.02. The molecular formula is C12H15N5OS. The number of nitrogens with zero attached hydrogens (tertiary/aromatic N) is 3. The molecular weight excluding hydrogens is 262 g/mol. The Bertz CT molecular complexity index is 578. The third-order valence-corrected chi connectivity index (χ3v) is 3.86. The lowest BCUT2D eigenvalue weighted by molar-refractivity contribution is 0.0953. The quantitative estimate of drug-likeness (QED) is 0.377. The molecule has 0 aliphatic carbocycles. The number of aromatic nitrogens is 3. The Kier molecular flexibility index (Phi) is 4.18. The second-order valence-electron chi connectivity index (χ2n) is 4.05. The van der Waals surface area contributed by atoms with Crippen LogP contribution in [0.15, 0.2) is 29.4 Å². The van der Waals surface area contributed by atoms with Gasteiger partial charge >= 0.3 is 0 Å². The van der Waals surface area contributed by atoms with Gasteiger partial charge in [-0.05, 0) is 24.6 Å². The van der Waals surface area contributed by atoms with E-state index in [1.54, 1.807) is 23.9 Å². The van der Waals surface area contributed by atoms with Crippen LogP contribution in [0.3, 0.4) is 0 Å². The van der Waals surface area contributed by atoms with Crippen LogP contribution in [-0.4, -0.2) is 20.7 Å². The summed E-state index contributed by atoms with van der Waals surface area (Å²) in [7, 11) is 1.94. The van der Waals surface area contributed by atoms with Crippen LogP contribution in [0.4, 0.5) is 0 Å². The molecule has 1 heterocycles. The molecule has 0 atom stereocenters. The van der Waals surface area contributed by atoms with Crippen molar-refractivity contribution < 1.29 is 4.79 Å². The number of benzene rings is 1. The molecule has 1 aromatic heterocycles. The molecule has 0 aliphatic rings. The van der Waals surface area contributed by atoms with Crippen LogP contribution in [0.2, 0.25) is 0 Å². The molecule has 7 heteroatoms. The van der Waals surface area contributed by atoms with E-state index in [-0.39, 0.29) is 5.91 Å². The normalized spacial score (nSPS) is 10.5. The van der Waals surface area contributed by atoms with Gasteiger partial charge in [0.05, 0.1) is 0 Å². The average molecular weight is 277 g/mol. The fraction of sp³-hybridized carbons (Fsp3) is 0.250. The topological polar surface area (TPSA) is 85.8 Å². The lowest BCUT2D eigenvalue weighted by atomic mass is 10.1. The number of nitrogen functional groups attached to an aromatic ring is 1. The molecule has 0 radical (unpaired) electrons. The van der Waals surface area contributed by atoms with Crippen molar-refractivity contribution in [2.45, 2.75) is 17.8 Å². The van der Waals surface area contributed by atoms with E-state index in [1.807, 2.05) is 30.7 Å². The van der Waals surface area contributed by atoms with Gasteiger partial charge in [0.1, 0.15) is 5.82 Å². The van der Waals surface area contributed by atoms with Crippen LogP contribution in [-0.2, 0) is 12.8 Å². The number of carbonyl (C=O) groups is 1. The summed E-state index contributed by atoms with van der Waals surface area (Å²) >= 11 is 1.61. The average Bonchev–Trinajstić information content (AvgIpc) is 2.76. The summed E-state index contributed by atoms with van der Waals surface area (Å²) in [6.45, 7) is 1.91. The molecule has 2 rings (SSSR count). The van der Waals surface area contributed by atoms with Gasteiger partial charge in [-0.1, -0.05) is 23.9 Å². The van der Waals surface area contributed by atoms with Crippen molar-refractivity contribution >= 4 is 17.7 Å². The van der Waals surface area contributed by atoms with E-state index in [0.717, 1.165) is 22.3 Å². The van der Waals surface area contributed by atoms with Crippen molar-refractivity contribution in [3.8, 4) is 0 Å². The minimum Gasteiger partial charge on any atom is -0.309 e. The Labute approximate surface area is 115 Å². The summed E-state index contributed by atoms with van der Waals surface area (Å²) in [4.78, 5) is 11.3. The Morgan fingerprint density at radius 2 is 2.05 bits per heavy atom. The smallest absolute Gasteiger partial charge is 0.265 e. The van der Waals surface area contributed by atoms with Gasteiger partial charge in [0.25, 0.3) is 5.91 Å². The second-order valence-corrected chi connectivity index (χ2v) is 4.99. The first-order valence-corrected chi connectivity index (χ1v) is 6.69. The standard InChI is InChI=1S/C12H15N5OS/c1-8-15-16-12(17(8)2)19-7-9-3-5-10(6-4-9)11(18)14-13/h3-6H,7,13H2,1-2H3,(H,14,18). The molecule has 0 bridgehead atoms. The highest BCUT2D eigenvalue weighted by Crippen LogP contribution is 2.21. The Morgan fingerprint density at radius 3 is 2.58 bits per heavy atom. The summed E-state index contributed by atoms with van der Waals surface area (Å²) in [5.41, 5.74) is 3.76. The largest absolute Gasteiger partial charge is 0.309 e. The molecule has 3 N–H and O–H groups in total. The van der Waals surface area contributed by atoms with Gasteiger partial charge in [0, 0.05) is 18.4 Å². The van der Waals surface area contributed by atoms with E-state index in [2.05, 4.69) is 15.6 Å². The van der Waals surface area contributed by atoms with Crippen LogP contribution in [0, 0.1) is 6.92 Å². The van der Waals surface area contributed by atoms with Crippen LogP contribution in [0.1, 0.15) is 21.7 Å². The maximum Gasteiger partial charge on any atom is 0.265 e. The SMILES string of the molecule is Cc1nnc(SCc2ccc(C(=O)NN)cc2)n1C. The second kappa shape index (κ2) is 5.85. The van der Waals surface area contributed by atoms with Gasteiger partial charge in [-0.3, -0.25) is 10.2 Å². The number of nitrogens with two attached hydrogens (primary N) is 1. The summed E-state index contributed by atoms with van der Waals surface area (Å²) in [5, 5.41) is 8.96. The summed E-state index contributed by atoms with van der Waals surface area (Å²) in [5.74, 6) is 6.45.